The van der Waals surface area contributed by atoms with Crippen molar-refractivity contribution in [3.8, 4) is 11.3 Å². The number of amides is 2. The summed E-state index contributed by atoms with van der Waals surface area (Å²) in [5.74, 6) is 0.0320. The summed E-state index contributed by atoms with van der Waals surface area (Å²) >= 11 is 0.373. The fraction of sp³-hybridized carbons (Fsp3) is 0.481. The number of alkyl halides is 2. The van der Waals surface area contributed by atoms with E-state index in [0.29, 0.717) is 45.1 Å². The quantitative estimate of drug-likeness (QED) is 0.403. The molecule has 1 fully saturated rings. The fourth-order valence-corrected chi connectivity index (χ4v) is 7.65. The van der Waals surface area contributed by atoms with Crippen LogP contribution in [-0.4, -0.2) is 49.5 Å². The van der Waals surface area contributed by atoms with Gasteiger partial charge in [0.15, 0.2) is 0 Å². The van der Waals surface area contributed by atoms with E-state index in [2.05, 4.69) is 37.6 Å². The van der Waals surface area contributed by atoms with Crippen molar-refractivity contribution in [2.24, 2.45) is 10.9 Å². The van der Waals surface area contributed by atoms with Crippen molar-refractivity contribution >= 4 is 17.5 Å². The van der Waals surface area contributed by atoms with Crippen LogP contribution in [0.1, 0.15) is 55.4 Å². The van der Waals surface area contributed by atoms with Gasteiger partial charge in [-0.2, -0.15) is 0 Å². The van der Waals surface area contributed by atoms with Gasteiger partial charge in [-0.25, -0.2) is 0 Å². The zero-order valence-electron chi connectivity index (χ0n) is 20.4. The molecule has 0 atom stereocenters. The van der Waals surface area contributed by atoms with Gasteiger partial charge in [0.25, 0.3) is 0 Å². The summed E-state index contributed by atoms with van der Waals surface area (Å²) in [5.41, 5.74) is 2.83. The maximum absolute atomic E-state index is 13.3. The normalized spacial score (nSPS) is 21.5. The van der Waals surface area contributed by atoms with Gasteiger partial charge in [0, 0.05) is 18.9 Å². The summed E-state index contributed by atoms with van der Waals surface area (Å²) in [4.78, 5) is 35.2. The van der Waals surface area contributed by atoms with E-state index < -0.39 is 0 Å². The molecule has 4 rings (SSSR count). The Morgan fingerprint density at radius 2 is 1.89 bits per heavy atom. The molecule has 2 aliphatic heterocycles. The molecule has 0 unspecified atom stereocenters. The number of hydrogen-bond donors (Lipinski definition) is 2. The van der Waals surface area contributed by atoms with Crippen LogP contribution in [0.25, 0.3) is 11.3 Å². The molecule has 0 aromatic carbocycles. The number of rotatable bonds is 2. The number of hydrogen-bond acceptors (Lipinski definition) is 4. The van der Waals surface area contributed by atoms with Crippen LogP contribution in [0.3, 0.4) is 0 Å². The van der Waals surface area contributed by atoms with Crippen molar-refractivity contribution in [2.75, 3.05) is 22.4 Å². The number of fused-ring (bicyclic) bond motifs is 5. The van der Waals surface area contributed by atoms with Gasteiger partial charge in [-0.3, -0.25) is 0 Å². The van der Waals surface area contributed by atoms with Crippen molar-refractivity contribution < 1.29 is 30.8 Å². The van der Waals surface area contributed by atoms with Crippen LogP contribution < -0.4 is 31.8 Å². The SMILES string of the molecule is CN=C1C(=O)NCCCCCCn2ccc(c2)-c2cccc(n2)C(=O)N/C1=C/CC1CC[I-]CC1. The molecule has 0 radical (unpaired) electrons. The average Bonchev–Trinajstić information content (AvgIpc) is 3.36. The monoisotopic (exact) mass is 588 g/mol. The van der Waals surface area contributed by atoms with Crippen LogP contribution in [0.4, 0.5) is 0 Å². The number of carbonyl (C=O) groups excluding carboxylic acids is 2. The van der Waals surface area contributed by atoms with E-state index >= 15 is 0 Å². The summed E-state index contributed by atoms with van der Waals surface area (Å²) < 4.78 is 4.88. The molecule has 2 aromatic heterocycles. The standard InChI is InChI=1S/C27H35IN5O2/c1-29-25-23(10-9-20-11-14-28-15-12-20)32-26(34)24-8-6-7-22(31-24)21-13-18-33(19-21)17-5-3-2-4-16-30-27(25)35/h6-8,10,13,18-20H,2-5,9,11-12,14-17H2,1H3,(H,30,35)(H,32,34)/q-1/b23-10+,29-25?. The summed E-state index contributed by atoms with van der Waals surface area (Å²) in [6.07, 6.45) is 13.6. The molecule has 2 aliphatic rings. The van der Waals surface area contributed by atoms with E-state index in [1.807, 2.05) is 24.3 Å². The molecule has 2 N–H and O–H groups in total. The van der Waals surface area contributed by atoms with Crippen LogP contribution >= 0.6 is 0 Å². The second-order valence-electron chi connectivity index (χ2n) is 9.11. The van der Waals surface area contributed by atoms with E-state index in [-0.39, 0.29) is 17.5 Å². The van der Waals surface area contributed by atoms with Crippen LogP contribution in [-0.2, 0) is 11.3 Å². The Labute approximate surface area is 218 Å². The number of allylic oxidation sites excluding steroid dienone is 1. The molecule has 4 bridgehead atoms. The number of carbonyl (C=O) groups is 2. The summed E-state index contributed by atoms with van der Waals surface area (Å²) in [7, 11) is 1.61. The molecule has 35 heavy (non-hydrogen) atoms. The van der Waals surface area contributed by atoms with Gasteiger partial charge in [0.2, 0.25) is 0 Å². The van der Waals surface area contributed by atoms with Gasteiger partial charge in [0.05, 0.1) is 0 Å². The fourth-order valence-electron chi connectivity index (χ4n) is 4.47. The Bertz CT molecular complexity index is 1080. The van der Waals surface area contributed by atoms with Crippen LogP contribution in [0.15, 0.2) is 53.4 Å². The van der Waals surface area contributed by atoms with Gasteiger partial charge in [0.1, 0.15) is 0 Å². The van der Waals surface area contributed by atoms with Crippen molar-refractivity contribution in [3.05, 3.63) is 54.1 Å². The molecule has 0 aliphatic carbocycles. The molecule has 1 saturated heterocycles. The molecule has 0 saturated carbocycles. The molecule has 2 aromatic rings. The van der Waals surface area contributed by atoms with Crippen molar-refractivity contribution in [1.82, 2.24) is 20.2 Å². The first kappa shape index (κ1) is 25.6. The van der Waals surface area contributed by atoms with Gasteiger partial charge < -0.3 is 4.57 Å². The minimum absolute atomic E-state index is 0.241. The molecular formula is C27H35IN5O2-. The first-order chi connectivity index (χ1) is 17.1. The first-order valence-electron chi connectivity index (χ1n) is 12.6. The number of pyridine rings is 1. The molecule has 4 heterocycles. The number of aliphatic imine (C=N–C) groups is 1. The molecule has 2 amide bonds. The molecule has 0 spiro atoms. The second-order valence-corrected chi connectivity index (χ2v) is 12.3. The second kappa shape index (κ2) is 13.0. The predicted octanol–water partition coefficient (Wildman–Crippen LogP) is 0.814. The molecule has 7 nitrogen and oxygen atoms in total. The topological polar surface area (TPSA) is 88.4 Å². The summed E-state index contributed by atoms with van der Waals surface area (Å²) in [6, 6.07) is 7.52. The van der Waals surface area contributed by atoms with E-state index in [1.165, 1.54) is 21.7 Å². The van der Waals surface area contributed by atoms with Gasteiger partial charge in [-0.15, -0.1) is 0 Å². The number of nitrogens with zero attached hydrogens (tertiary/aromatic N) is 3. The van der Waals surface area contributed by atoms with Crippen LogP contribution in [0.2, 0.25) is 0 Å². The molecule has 8 heteroatoms. The third kappa shape index (κ3) is 7.25. The molecular weight excluding hydrogens is 553 g/mol. The molecule has 188 valence electrons. The summed E-state index contributed by atoms with van der Waals surface area (Å²) in [6.45, 7) is 1.54. The maximum atomic E-state index is 13.3. The Hall–Kier alpha value is -2.49. The predicted molar refractivity (Wildman–Crippen MR) is 135 cm³/mol. The zero-order chi connectivity index (χ0) is 24.5. The van der Waals surface area contributed by atoms with Gasteiger partial charge in [-0.05, 0) is 12.5 Å². The number of halogens is 1. The van der Waals surface area contributed by atoms with E-state index in [0.717, 1.165) is 49.9 Å². The van der Waals surface area contributed by atoms with E-state index in [9.17, 15) is 9.59 Å². The van der Waals surface area contributed by atoms with Crippen LogP contribution in [0.5, 0.6) is 0 Å². The average molecular weight is 589 g/mol. The third-order valence-electron chi connectivity index (χ3n) is 6.56. The summed E-state index contributed by atoms with van der Waals surface area (Å²) in [5, 5.41) is 5.97. The number of aryl methyl sites for hydroxylation is 1. The Morgan fingerprint density at radius 1 is 1.09 bits per heavy atom. The van der Waals surface area contributed by atoms with E-state index in [4.69, 9.17) is 0 Å². The van der Waals surface area contributed by atoms with Crippen molar-refractivity contribution in [1.29, 1.82) is 0 Å². The van der Waals surface area contributed by atoms with E-state index in [1.54, 1.807) is 13.1 Å². The Morgan fingerprint density at radius 3 is 2.71 bits per heavy atom. The van der Waals surface area contributed by atoms with Crippen LogP contribution in [0, 0.1) is 5.92 Å². The number of nitrogens with one attached hydrogen (secondary N) is 2. The minimum atomic E-state index is -0.331. The first-order valence-corrected chi connectivity index (χ1v) is 15.6. The van der Waals surface area contributed by atoms with Gasteiger partial charge in [-0.1, -0.05) is 6.42 Å². The zero-order valence-corrected chi connectivity index (χ0v) is 22.6. The van der Waals surface area contributed by atoms with Crippen molar-refractivity contribution in [3.63, 3.8) is 0 Å². The number of aromatic nitrogens is 2. The van der Waals surface area contributed by atoms with Crippen molar-refractivity contribution in [2.45, 2.75) is 51.5 Å². The third-order valence-corrected chi connectivity index (χ3v) is 9.33. The van der Waals surface area contributed by atoms with Gasteiger partial charge >= 0.3 is 176 Å². The Balaban J connectivity index is 1.62. The Kier molecular flexibility index (Phi) is 9.50.